The summed E-state index contributed by atoms with van der Waals surface area (Å²) in [5, 5.41) is 0. The van der Waals surface area contributed by atoms with Gasteiger partial charge in [-0.25, -0.2) is 4.79 Å². The molecule has 0 fully saturated rings. The highest BCUT2D eigenvalue weighted by Gasteiger charge is 2.34. The van der Waals surface area contributed by atoms with E-state index in [9.17, 15) is 14.4 Å². The molecule has 2 amide bonds. The zero-order valence-corrected chi connectivity index (χ0v) is 16.9. The Balaban J connectivity index is 1.48. The lowest BCUT2D eigenvalue weighted by atomic mass is 10.1. The van der Waals surface area contributed by atoms with Crippen molar-refractivity contribution in [2.24, 2.45) is 0 Å². The highest BCUT2D eigenvalue weighted by atomic mass is 16.5. The van der Waals surface area contributed by atoms with Crippen LogP contribution in [0.15, 0.2) is 57.7 Å². The van der Waals surface area contributed by atoms with Crippen LogP contribution in [0.3, 0.4) is 0 Å². The van der Waals surface area contributed by atoms with Gasteiger partial charge in [0.1, 0.15) is 5.75 Å². The van der Waals surface area contributed by atoms with E-state index < -0.39 is 11.9 Å². The summed E-state index contributed by atoms with van der Waals surface area (Å²) in [6.45, 7) is 0.523. The molecule has 1 atom stereocenters. The van der Waals surface area contributed by atoms with E-state index in [4.69, 9.17) is 9.15 Å². The number of aromatic nitrogens is 1. The van der Waals surface area contributed by atoms with Gasteiger partial charge in [0.25, 0.3) is 5.91 Å². The van der Waals surface area contributed by atoms with Gasteiger partial charge in [0, 0.05) is 27.1 Å². The molecule has 0 saturated heterocycles. The average molecular weight is 409 g/mol. The lowest BCUT2D eigenvalue weighted by Crippen LogP contribution is -2.50. The molecule has 8 heteroatoms. The number of nitrogens with zero attached hydrogens (tertiary/aromatic N) is 3. The first kappa shape index (κ1) is 19.8. The summed E-state index contributed by atoms with van der Waals surface area (Å²) in [4.78, 5) is 40.6. The van der Waals surface area contributed by atoms with Gasteiger partial charge >= 0.3 is 5.76 Å². The van der Waals surface area contributed by atoms with Gasteiger partial charge in [-0.15, -0.1) is 0 Å². The maximum atomic E-state index is 13.0. The van der Waals surface area contributed by atoms with Crippen molar-refractivity contribution in [1.29, 1.82) is 0 Å². The van der Waals surface area contributed by atoms with Crippen molar-refractivity contribution in [3.05, 3.63) is 59.1 Å². The molecule has 2 aromatic carbocycles. The minimum atomic E-state index is -0.751. The number of benzene rings is 2. The Morgan fingerprint density at radius 2 is 1.83 bits per heavy atom. The summed E-state index contributed by atoms with van der Waals surface area (Å²) in [6.07, 6.45) is -0.0590. The predicted molar refractivity (Wildman–Crippen MR) is 112 cm³/mol. The minimum Gasteiger partial charge on any atom is -0.476 e. The van der Waals surface area contributed by atoms with Crippen molar-refractivity contribution in [2.75, 3.05) is 25.5 Å². The van der Waals surface area contributed by atoms with Gasteiger partial charge in [-0.2, -0.15) is 0 Å². The van der Waals surface area contributed by atoms with E-state index in [-0.39, 0.29) is 24.8 Å². The number of aryl methyl sites for hydroxylation is 1. The first-order valence-corrected chi connectivity index (χ1v) is 9.81. The maximum Gasteiger partial charge on any atom is 0.419 e. The van der Waals surface area contributed by atoms with Crippen molar-refractivity contribution in [3.8, 4) is 5.75 Å². The number of hydrogen-bond acceptors (Lipinski definition) is 5. The molecular formula is C22H23N3O5. The molecule has 0 bridgehead atoms. The zero-order valence-electron chi connectivity index (χ0n) is 16.9. The molecule has 156 valence electrons. The fraction of sp³-hybridized carbons (Fsp3) is 0.318. The van der Waals surface area contributed by atoms with Crippen LogP contribution in [0.25, 0.3) is 11.1 Å². The fourth-order valence-electron chi connectivity index (χ4n) is 3.64. The number of fused-ring (bicyclic) bond motifs is 2. The first-order valence-electron chi connectivity index (χ1n) is 9.81. The highest BCUT2D eigenvalue weighted by molar-refractivity contribution is 5.97. The van der Waals surface area contributed by atoms with Crippen molar-refractivity contribution in [1.82, 2.24) is 9.47 Å². The van der Waals surface area contributed by atoms with Crippen molar-refractivity contribution in [3.63, 3.8) is 0 Å². The Kier molecular flexibility index (Phi) is 5.31. The van der Waals surface area contributed by atoms with E-state index in [1.807, 2.05) is 18.2 Å². The molecule has 0 saturated carbocycles. The van der Waals surface area contributed by atoms with Crippen LogP contribution in [0.5, 0.6) is 5.75 Å². The Hall–Kier alpha value is -3.55. The van der Waals surface area contributed by atoms with Gasteiger partial charge in [-0.1, -0.05) is 24.3 Å². The molecule has 30 heavy (non-hydrogen) atoms. The second-order valence-electron chi connectivity index (χ2n) is 7.40. The van der Waals surface area contributed by atoms with Crippen molar-refractivity contribution >= 4 is 28.6 Å². The van der Waals surface area contributed by atoms with E-state index in [1.165, 1.54) is 9.47 Å². The third kappa shape index (κ3) is 3.68. The van der Waals surface area contributed by atoms with E-state index in [2.05, 4.69) is 0 Å². The smallest absolute Gasteiger partial charge is 0.419 e. The van der Waals surface area contributed by atoms with E-state index in [0.717, 1.165) is 0 Å². The number of carbonyl (C=O) groups is 2. The lowest BCUT2D eigenvalue weighted by molar-refractivity contribution is -0.136. The lowest BCUT2D eigenvalue weighted by Gasteiger charge is -2.35. The molecule has 4 rings (SSSR count). The second kappa shape index (κ2) is 8.06. The molecule has 2 heterocycles. The third-order valence-corrected chi connectivity index (χ3v) is 5.14. The van der Waals surface area contributed by atoms with Gasteiger partial charge in [-0.3, -0.25) is 14.2 Å². The van der Waals surface area contributed by atoms with Crippen LogP contribution in [-0.2, 0) is 16.1 Å². The normalized spacial score (nSPS) is 15.5. The van der Waals surface area contributed by atoms with Crippen LogP contribution in [0.1, 0.15) is 12.8 Å². The van der Waals surface area contributed by atoms with Crippen molar-refractivity contribution in [2.45, 2.75) is 25.5 Å². The quantitative estimate of drug-likeness (QED) is 0.645. The van der Waals surface area contributed by atoms with Crippen LogP contribution < -0.4 is 15.4 Å². The molecule has 0 spiro atoms. The standard InChI is InChI=1S/C22H23N3O5/c1-23(2)21(27)19-14-25(16-9-4-5-10-17(16)29-19)20(26)12-7-13-24-15-8-3-6-11-18(15)30-22(24)28/h3-6,8-11,19H,7,12-14H2,1-2H3. The topological polar surface area (TPSA) is 85.0 Å². The molecule has 0 N–H and O–H groups in total. The largest absolute Gasteiger partial charge is 0.476 e. The van der Waals surface area contributed by atoms with Gasteiger partial charge in [-0.05, 0) is 30.7 Å². The Morgan fingerprint density at radius 1 is 1.10 bits per heavy atom. The number of para-hydroxylation sites is 4. The van der Waals surface area contributed by atoms with Crippen LogP contribution in [0, 0.1) is 0 Å². The molecule has 0 aliphatic carbocycles. The number of likely N-dealkylation sites (N-methyl/N-ethyl adjacent to an activating group) is 1. The number of carbonyl (C=O) groups excluding carboxylic acids is 2. The van der Waals surface area contributed by atoms with Crippen molar-refractivity contribution < 1.29 is 18.7 Å². The molecule has 3 aromatic rings. The van der Waals surface area contributed by atoms with Gasteiger partial charge in [0.05, 0.1) is 17.7 Å². The SMILES string of the molecule is CN(C)C(=O)C1CN(C(=O)CCCn2c(=O)oc3ccccc32)c2ccccc2O1. The van der Waals surface area contributed by atoms with E-state index >= 15 is 0 Å². The number of rotatable bonds is 5. The average Bonchev–Trinajstić information content (AvgIpc) is 3.07. The van der Waals surface area contributed by atoms with Crippen LogP contribution >= 0.6 is 0 Å². The Labute approximate surface area is 173 Å². The summed E-state index contributed by atoms with van der Waals surface area (Å²) in [6, 6.07) is 14.4. The summed E-state index contributed by atoms with van der Waals surface area (Å²) in [7, 11) is 3.32. The van der Waals surface area contributed by atoms with Crippen LogP contribution in [0.4, 0.5) is 5.69 Å². The molecule has 1 unspecified atom stereocenters. The number of hydrogen-bond donors (Lipinski definition) is 0. The number of oxazole rings is 1. The second-order valence-corrected chi connectivity index (χ2v) is 7.40. The minimum absolute atomic E-state index is 0.122. The van der Waals surface area contributed by atoms with E-state index in [1.54, 1.807) is 49.3 Å². The van der Waals surface area contributed by atoms with Gasteiger partial charge in [0.2, 0.25) is 5.91 Å². The summed E-state index contributed by atoms with van der Waals surface area (Å²) < 4.78 is 12.6. The maximum absolute atomic E-state index is 13.0. The molecule has 0 radical (unpaired) electrons. The van der Waals surface area contributed by atoms with Gasteiger partial charge < -0.3 is 19.0 Å². The van der Waals surface area contributed by atoms with E-state index in [0.29, 0.717) is 35.5 Å². The monoisotopic (exact) mass is 409 g/mol. The Morgan fingerprint density at radius 3 is 2.63 bits per heavy atom. The molecular weight excluding hydrogens is 386 g/mol. The fourth-order valence-corrected chi connectivity index (χ4v) is 3.64. The first-order chi connectivity index (χ1) is 14.5. The molecule has 1 aliphatic rings. The molecule has 1 aliphatic heterocycles. The summed E-state index contributed by atoms with van der Waals surface area (Å²) in [5.74, 6) is -0.242. The molecule has 1 aromatic heterocycles. The summed E-state index contributed by atoms with van der Waals surface area (Å²) >= 11 is 0. The van der Waals surface area contributed by atoms with Crippen LogP contribution in [-0.4, -0.2) is 48.0 Å². The number of ether oxygens (including phenoxy) is 1. The zero-order chi connectivity index (χ0) is 21.3. The third-order valence-electron chi connectivity index (χ3n) is 5.14. The van der Waals surface area contributed by atoms with Crippen LogP contribution in [0.2, 0.25) is 0 Å². The number of anilines is 1. The number of amides is 2. The highest BCUT2D eigenvalue weighted by Crippen LogP contribution is 2.34. The summed E-state index contributed by atoms with van der Waals surface area (Å²) in [5.41, 5.74) is 1.89. The van der Waals surface area contributed by atoms with Gasteiger partial charge in [0.15, 0.2) is 11.7 Å². The predicted octanol–water partition coefficient (Wildman–Crippen LogP) is 2.26. The molecule has 8 nitrogen and oxygen atoms in total. The Bertz CT molecular complexity index is 1150.